The van der Waals surface area contributed by atoms with Crippen molar-refractivity contribution in [2.24, 2.45) is 23.7 Å². The summed E-state index contributed by atoms with van der Waals surface area (Å²) in [5.74, 6) is 3.32. The second-order valence-corrected chi connectivity index (χ2v) is 14.9. The summed E-state index contributed by atoms with van der Waals surface area (Å²) < 4.78 is 6.29. The van der Waals surface area contributed by atoms with E-state index in [4.69, 9.17) is 4.42 Å². The monoisotopic (exact) mass is 619 g/mol. The summed E-state index contributed by atoms with van der Waals surface area (Å²) in [7, 11) is 0. The van der Waals surface area contributed by atoms with E-state index in [-0.39, 0.29) is 5.41 Å². The van der Waals surface area contributed by atoms with Crippen molar-refractivity contribution in [2.75, 3.05) is 4.90 Å². The molecule has 0 radical (unpaired) electrons. The molecule has 0 unspecified atom stereocenters. The molecule has 1 spiro atoms. The van der Waals surface area contributed by atoms with Crippen molar-refractivity contribution in [3.05, 3.63) is 151 Å². The number of rotatable bonds is 4. The maximum absolute atomic E-state index is 6.29. The van der Waals surface area contributed by atoms with Gasteiger partial charge in [-0.15, -0.1) is 0 Å². The van der Waals surface area contributed by atoms with Crippen LogP contribution in [0.2, 0.25) is 0 Å². The van der Waals surface area contributed by atoms with Gasteiger partial charge in [-0.05, 0) is 126 Å². The van der Waals surface area contributed by atoms with Crippen LogP contribution in [-0.4, -0.2) is 0 Å². The first-order valence-corrected chi connectivity index (χ1v) is 17.9. The number of furan rings is 1. The molecule has 2 heteroatoms. The molecule has 0 N–H and O–H groups in total. The Morgan fingerprint density at radius 3 is 1.96 bits per heavy atom. The zero-order chi connectivity index (χ0) is 31.4. The molecular formula is C46H37NO. The van der Waals surface area contributed by atoms with E-state index in [1.807, 2.05) is 0 Å². The SMILES string of the molecule is c1ccc(-c2ccc(N(c3ccc4oc5ccccc5c4c3)c3cccc4c3-c3ccccc3C43C4CC5CC(C4)CC3C5)cc2)cc1. The zero-order valence-corrected chi connectivity index (χ0v) is 27.0. The molecule has 232 valence electrons. The highest BCUT2D eigenvalue weighted by Crippen LogP contribution is 2.70. The van der Waals surface area contributed by atoms with Crippen molar-refractivity contribution in [3.63, 3.8) is 0 Å². The van der Waals surface area contributed by atoms with Gasteiger partial charge in [0.1, 0.15) is 11.2 Å². The fourth-order valence-electron chi connectivity index (χ4n) is 11.1. The molecule has 0 amide bonds. The summed E-state index contributed by atoms with van der Waals surface area (Å²) in [6.07, 6.45) is 7.02. The summed E-state index contributed by atoms with van der Waals surface area (Å²) in [4.78, 5) is 2.51. The Labute approximate surface area is 281 Å². The highest BCUT2D eigenvalue weighted by molar-refractivity contribution is 6.07. The van der Waals surface area contributed by atoms with Crippen molar-refractivity contribution < 1.29 is 4.42 Å². The first-order valence-electron chi connectivity index (χ1n) is 17.9. The molecule has 1 heterocycles. The quantitative estimate of drug-likeness (QED) is 0.195. The number of benzene rings is 6. The van der Waals surface area contributed by atoms with Gasteiger partial charge < -0.3 is 9.32 Å². The van der Waals surface area contributed by atoms with Crippen molar-refractivity contribution >= 4 is 39.0 Å². The van der Waals surface area contributed by atoms with Gasteiger partial charge in [0.2, 0.25) is 0 Å². The molecule has 4 saturated carbocycles. The fourth-order valence-corrected chi connectivity index (χ4v) is 11.1. The van der Waals surface area contributed by atoms with E-state index in [1.54, 1.807) is 11.1 Å². The van der Waals surface area contributed by atoms with Gasteiger partial charge in [-0.2, -0.15) is 0 Å². The zero-order valence-electron chi connectivity index (χ0n) is 27.0. The van der Waals surface area contributed by atoms with Gasteiger partial charge in [0.25, 0.3) is 0 Å². The van der Waals surface area contributed by atoms with Crippen LogP contribution in [0.4, 0.5) is 17.1 Å². The molecule has 0 aliphatic heterocycles. The van der Waals surface area contributed by atoms with Crippen LogP contribution < -0.4 is 4.90 Å². The topological polar surface area (TPSA) is 16.4 Å². The van der Waals surface area contributed by atoms with Crippen LogP contribution in [0.3, 0.4) is 0 Å². The van der Waals surface area contributed by atoms with Crippen LogP contribution in [0.25, 0.3) is 44.2 Å². The molecule has 2 nitrogen and oxygen atoms in total. The summed E-state index contributed by atoms with van der Waals surface area (Å²) in [6, 6.07) is 51.7. The van der Waals surface area contributed by atoms with Gasteiger partial charge in [0.05, 0.1) is 5.69 Å². The minimum Gasteiger partial charge on any atom is -0.456 e. The summed E-state index contributed by atoms with van der Waals surface area (Å²) >= 11 is 0. The van der Waals surface area contributed by atoms with Crippen molar-refractivity contribution in [1.82, 2.24) is 0 Å². The predicted molar refractivity (Wildman–Crippen MR) is 197 cm³/mol. The lowest BCUT2D eigenvalue weighted by molar-refractivity contribution is -0.0399. The second kappa shape index (κ2) is 9.97. The van der Waals surface area contributed by atoms with E-state index in [0.717, 1.165) is 51.3 Å². The van der Waals surface area contributed by atoms with Crippen LogP contribution in [0.1, 0.15) is 43.2 Å². The number of nitrogens with zero attached hydrogens (tertiary/aromatic N) is 1. The highest BCUT2D eigenvalue weighted by atomic mass is 16.3. The van der Waals surface area contributed by atoms with Gasteiger partial charge in [-0.3, -0.25) is 0 Å². The third-order valence-electron chi connectivity index (χ3n) is 12.6. The molecule has 0 atom stereocenters. The Morgan fingerprint density at radius 1 is 0.500 bits per heavy atom. The van der Waals surface area contributed by atoms with Crippen LogP contribution in [0, 0.1) is 23.7 Å². The van der Waals surface area contributed by atoms with E-state index < -0.39 is 0 Å². The number of anilines is 3. The molecular weight excluding hydrogens is 583 g/mol. The van der Waals surface area contributed by atoms with Crippen molar-refractivity contribution in [1.29, 1.82) is 0 Å². The van der Waals surface area contributed by atoms with E-state index >= 15 is 0 Å². The van der Waals surface area contributed by atoms with Crippen LogP contribution in [-0.2, 0) is 5.41 Å². The molecule has 0 saturated heterocycles. The lowest BCUT2D eigenvalue weighted by atomic mass is 9.43. The molecule has 7 aromatic rings. The maximum Gasteiger partial charge on any atom is 0.135 e. The van der Waals surface area contributed by atoms with Gasteiger partial charge in [-0.1, -0.05) is 97.1 Å². The molecule has 4 fully saturated rings. The normalized spacial score (nSPS) is 24.8. The number of hydrogen-bond donors (Lipinski definition) is 0. The van der Waals surface area contributed by atoms with Crippen molar-refractivity contribution in [2.45, 2.75) is 37.5 Å². The minimum atomic E-state index is 0.128. The summed E-state index contributed by atoms with van der Waals surface area (Å²) in [5.41, 5.74) is 14.1. The minimum absolute atomic E-state index is 0.128. The number of hydrogen-bond acceptors (Lipinski definition) is 2. The fraction of sp³-hybridized carbons (Fsp3) is 0.217. The maximum atomic E-state index is 6.29. The van der Waals surface area contributed by atoms with Gasteiger partial charge in [0, 0.05) is 33.1 Å². The molecule has 5 aliphatic rings. The molecule has 5 aliphatic carbocycles. The molecule has 6 aromatic carbocycles. The third kappa shape index (κ3) is 3.64. The summed E-state index contributed by atoms with van der Waals surface area (Å²) in [6.45, 7) is 0. The number of para-hydroxylation sites is 1. The van der Waals surface area contributed by atoms with E-state index in [2.05, 4.69) is 144 Å². The predicted octanol–water partition coefficient (Wildman–Crippen LogP) is 12.4. The van der Waals surface area contributed by atoms with Crippen LogP contribution in [0.15, 0.2) is 144 Å². The van der Waals surface area contributed by atoms with E-state index in [1.165, 1.54) is 65.7 Å². The average molecular weight is 620 g/mol. The molecule has 12 rings (SSSR count). The summed E-state index contributed by atoms with van der Waals surface area (Å²) in [5, 5.41) is 2.31. The average Bonchev–Trinajstić information content (AvgIpc) is 3.65. The first-order chi connectivity index (χ1) is 23.8. The number of fused-ring (bicyclic) bond motifs is 6. The highest BCUT2D eigenvalue weighted by Gasteiger charge is 2.61. The molecule has 48 heavy (non-hydrogen) atoms. The Hall–Kier alpha value is -5.08. The van der Waals surface area contributed by atoms with Gasteiger partial charge in [0.15, 0.2) is 0 Å². The van der Waals surface area contributed by atoms with Gasteiger partial charge >= 0.3 is 0 Å². The lowest BCUT2D eigenvalue weighted by Crippen LogP contribution is -2.55. The smallest absolute Gasteiger partial charge is 0.135 e. The van der Waals surface area contributed by atoms with Crippen LogP contribution >= 0.6 is 0 Å². The van der Waals surface area contributed by atoms with E-state index in [9.17, 15) is 0 Å². The Bertz CT molecular complexity index is 2340. The molecule has 4 bridgehead atoms. The standard InChI is InChI=1S/C46H37NO/c1-2-9-31(10-3-1)32-17-19-35(20-18-32)47(36-21-22-44-39(28-36)37-11-5-7-16-43(37)48-44)42-15-8-14-41-45(42)38-12-4-6-13-40(38)46(41)33-24-29-23-30(26-33)27-34(46)25-29/h1-22,28-30,33-34H,23-27H2. The van der Waals surface area contributed by atoms with Crippen molar-refractivity contribution in [3.8, 4) is 22.3 Å². The van der Waals surface area contributed by atoms with Gasteiger partial charge in [-0.25, -0.2) is 0 Å². The van der Waals surface area contributed by atoms with E-state index in [0.29, 0.717) is 0 Å². The van der Waals surface area contributed by atoms with Crippen LogP contribution in [0.5, 0.6) is 0 Å². The Balaban J connectivity index is 1.15. The Morgan fingerprint density at radius 2 is 1.15 bits per heavy atom. The first kappa shape index (κ1) is 26.9. The Kier molecular flexibility index (Phi) is 5.59. The third-order valence-corrected chi connectivity index (χ3v) is 12.6. The lowest BCUT2D eigenvalue weighted by Gasteiger charge is -2.61. The molecule has 1 aromatic heterocycles. The second-order valence-electron chi connectivity index (χ2n) is 14.9. The largest absolute Gasteiger partial charge is 0.456 e.